The van der Waals surface area contributed by atoms with Crippen molar-refractivity contribution in [2.24, 2.45) is 0 Å². The van der Waals surface area contributed by atoms with Gasteiger partial charge in [-0.3, -0.25) is 4.68 Å². The van der Waals surface area contributed by atoms with E-state index in [1.165, 1.54) is 25.7 Å². The standard InChI is InChI=1S/C15H27N3O/c1-14(7-12-18-11-6-10-17-18)16-13-15(19)8-4-2-3-5-9-15/h6,10-11,14,16,19H,2-5,7-9,12-13H2,1H3. The molecule has 2 rings (SSSR count). The third-order valence-corrected chi connectivity index (χ3v) is 4.16. The summed E-state index contributed by atoms with van der Waals surface area (Å²) in [5.74, 6) is 0. The van der Waals surface area contributed by atoms with Gasteiger partial charge in [-0.05, 0) is 32.3 Å². The normalized spacial score (nSPS) is 20.9. The highest BCUT2D eigenvalue weighted by Crippen LogP contribution is 2.26. The van der Waals surface area contributed by atoms with Crippen molar-refractivity contribution < 1.29 is 5.11 Å². The van der Waals surface area contributed by atoms with Gasteiger partial charge in [0.15, 0.2) is 0 Å². The molecule has 4 heteroatoms. The van der Waals surface area contributed by atoms with Crippen molar-refractivity contribution in [3.8, 4) is 0 Å². The van der Waals surface area contributed by atoms with E-state index in [2.05, 4.69) is 17.3 Å². The number of aromatic nitrogens is 2. The van der Waals surface area contributed by atoms with E-state index in [4.69, 9.17) is 0 Å². The second kappa shape index (κ2) is 7.06. The van der Waals surface area contributed by atoms with Crippen LogP contribution in [0.5, 0.6) is 0 Å². The minimum atomic E-state index is -0.476. The van der Waals surface area contributed by atoms with Crippen LogP contribution >= 0.6 is 0 Å². The molecule has 0 amide bonds. The molecule has 4 nitrogen and oxygen atoms in total. The van der Waals surface area contributed by atoms with E-state index < -0.39 is 5.60 Å². The third kappa shape index (κ3) is 4.96. The topological polar surface area (TPSA) is 50.1 Å². The van der Waals surface area contributed by atoms with Gasteiger partial charge in [0.25, 0.3) is 0 Å². The minimum absolute atomic E-state index is 0.413. The predicted octanol–water partition coefficient (Wildman–Crippen LogP) is 2.34. The first kappa shape index (κ1) is 14.5. The zero-order chi connectivity index (χ0) is 13.6. The summed E-state index contributed by atoms with van der Waals surface area (Å²) in [6.07, 6.45) is 11.6. The number of hydrogen-bond acceptors (Lipinski definition) is 3. The molecule has 1 aromatic heterocycles. The number of nitrogens with zero attached hydrogens (tertiary/aromatic N) is 2. The summed E-state index contributed by atoms with van der Waals surface area (Å²) >= 11 is 0. The van der Waals surface area contributed by atoms with E-state index in [0.29, 0.717) is 6.04 Å². The highest BCUT2D eigenvalue weighted by molar-refractivity contribution is 4.84. The van der Waals surface area contributed by atoms with Crippen LogP contribution in [0.25, 0.3) is 0 Å². The molecule has 1 aliphatic carbocycles. The van der Waals surface area contributed by atoms with Gasteiger partial charge in [0.1, 0.15) is 0 Å². The van der Waals surface area contributed by atoms with Crippen LogP contribution in [0.3, 0.4) is 0 Å². The third-order valence-electron chi connectivity index (χ3n) is 4.16. The van der Waals surface area contributed by atoms with E-state index in [1.807, 2.05) is 23.1 Å². The van der Waals surface area contributed by atoms with Gasteiger partial charge in [0, 0.05) is 31.5 Å². The van der Waals surface area contributed by atoms with E-state index in [0.717, 1.165) is 32.4 Å². The molecule has 1 saturated carbocycles. The summed E-state index contributed by atoms with van der Waals surface area (Å²) in [5.41, 5.74) is -0.476. The highest BCUT2D eigenvalue weighted by atomic mass is 16.3. The van der Waals surface area contributed by atoms with Crippen molar-refractivity contribution in [3.05, 3.63) is 18.5 Å². The molecule has 1 aliphatic rings. The van der Waals surface area contributed by atoms with Crippen molar-refractivity contribution >= 4 is 0 Å². The Bertz CT molecular complexity index is 342. The first-order chi connectivity index (χ1) is 9.18. The maximum absolute atomic E-state index is 10.6. The summed E-state index contributed by atoms with van der Waals surface area (Å²) in [6, 6.07) is 2.36. The van der Waals surface area contributed by atoms with Gasteiger partial charge in [-0.2, -0.15) is 5.10 Å². The lowest BCUT2D eigenvalue weighted by Gasteiger charge is -2.28. The van der Waals surface area contributed by atoms with E-state index in [-0.39, 0.29) is 0 Å². The molecule has 1 unspecified atom stereocenters. The first-order valence-corrected chi connectivity index (χ1v) is 7.61. The Hall–Kier alpha value is -0.870. The van der Waals surface area contributed by atoms with Crippen molar-refractivity contribution in [2.75, 3.05) is 6.54 Å². The van der Waals surface area contributed by atoms with Crippen LogP contribution in [0.4, 0.5) is 0 Å². The van der Waals surface area contributed by atoms with E-state index in [9.17, 15) is 5.11 Å². The highest BCUT2D eigenvalue weighted by Gasteiger charge is 2.27. The number of aliphatic hydroxyl groups is 1. The van der Waals surface area contributed by atoms with E-state index in [1.54, 1.807) is 0 Å². The Balaban J connectivity index is 1.68. The fourth-order valence-electron chi connectivity index (χ4n) is 2.79. The fourth-order valence-corrected chi connectivity index (χ4v) is 2.79. The lowest BCUT2D eigenvalue weighted by molar-refractivity contribution is 0.0228. The second-order valence-electron chi connectivity index (χ2n) is 5.98. The predicted molar refractivity (Wildman–Crippen MR) is 77.0 cm³/mol. The number of nitrogens with one attached hydrogen (secondary N) is 1. The Morgan fingerprint density at radius 3 is 2.68 bits per heavy atom. The molecular formula is C15H27N3O. The molecule has 1 atom stereocenters. The molecule has 1 fully saturated rings. The zero-order valence-corrected chi connectivity index (χ0v) is 12.0. The van der Waals surface area contributed by atoms with Crippen LogP contribution in [0.1, 0.15) is 51.9 Å². The maximum atomic E-state index is 10.6. The molecule has 1 aromatic rings. The van der Waals surface area contributed by atoms with Crippen molar-refractivity contribution in [3.63, 3.8) is 0 Å². The smallest absolute Gasteiger partial charge is 0.0771 e. The molecule has 0 aromatic carbocycles. The van der Waals surface area contributed by atoms with Crippen LogP contribution < -0.4 is 5.32 Å². The minimum Gasteiger partial charge on any atom is -0.389 e. The van der Waals surface area contributed by atoms with Crippen LogP contribution in [0, 0.1) is 0 Å². The van der Waals surface area contributed by atoms with Crippen LogP contribution in [-0.4, -0.2) is 33.1 Å². The molecule has 108 valence electrons. The molecular weight excluding hydrogens is 238 g/mol. The SMILES string of the molecule is CC(CCn1cccn1)NCC1(O)CCCCCC1. The molecule has 0 spiro atoms. The van der Waals surface area contributed by atoms with Crippen LogP contribution in [0.2, 0.25) is 0 Å². The summed E-state index contributed by atoms with van der Waals surface area (Å²) in [6.45, 7) is 3.84. The van der Waals surface area contributed by atoms with Gasteiger partial charge in [-0.15, -0.1) is 0 Å². The molecule has 0 bridgehead atoms. The van der Waals surface area contributed by atoms with Crippen LogP contribution in [-0.2, 0) is 6.54 Å². The maximum Gasteiger partial charge on any atom is 0.0771 e. The van der Waals surface area contributed by atoms with E-state index >= 15 is 0 Å². The van der Waals surface area contributed by atoms with Gasteiger partial charge < -0.3 is 10.4 Å². The number of rotatable bonds is 6. The Kier molecular flexibility index (Phi) is 5.40. The average molecular weight is 265 g/mol. The van der Waals surface area contributed by atoms with Crippen molar-refractivity contribution in [2.45, 2.75) is 70.1 Å². The zero-order valence-electron chi connectivity index (χ0n) is 12.0. The van der Waals surface area contributed by atoms with Gasteiger partial charge >= 0.3 is 0 Å². The van der Waals surface area contributed by atoms with Crippen LogP contribution in [0.15, 0.2) is 18.5 Å². The largest absolute Gasteiger partial charge is 0.389 e. The lowest BCUT2D eigenvalue weighted by Crippen LogP contribution is -2.43. The average Bonchev–Trinajstić information content (AvgIpc) is 2.83. The Morgan fingerprint density at radius 2 is 2.05 bits per heavy atom. The summed E-state index contributed by atoms with van der Waals surface area (Å²) in [5, 5.41) is 18.3. The fraction of sp³-hybridized carbons (Fsp3) is 0.800. The molecule has 0 aliphatic heterocycles. The molecule has 1 heterocycles. The summed E-state index contributed by atoms with van der Waals surface area (Å²) < 4.78 is 1.96. The quantitative estimate of drug-likeness (QED) is 0.776. The first-order valence-electron chi connectivity index (χ1n) is 7.61. The Labute approximate surface area is 116 Å². The lowest BCUT2D eigenvalue weighted by atomic mass is 9.94. The van der Waals surface area contributed by atoms with Crippen molar-refractivity contribution in [1.82, 2.24) is 15.1 Å². The molecule has 19 heavy (non-hydrogen) atoms. The Morgan fingerprint density at radius 1 is 1.32 bits per heavy atom. The van der Waals surface area contributed by atoms with Gasteiger partial charge in [0.05, 0.1) is 5.60 Å². The second-order valence-corrected chi connectivity index (χ2v) is 5.98. The van der Waals surface area contributed by atoms with Gasteiger partial charge in [-0.1, -0.05) is 25.7 Å². The summed E-state index contributed by atoms with van der Waals surface area (Å²) in [4.78, 5) is 0. The monoisotopic (exact) mass is 265 g/mol. The van der Waals surface area contributed by atoms with Gasteiger partial charge in [0.2, 0.25) is 0 Å². The van der Waals surface area contributed by atoms with Crippen molar-refractivity contribution in [1.29, 1.82) is 0 Å². The number of aryl methyl sites for hydroxylation is 1. The molecule has 0 radical (unpaired) electrons. The van der Waals surface area contributed by atoms with Gasteiger partial charge in [-0.25, -0.2) is 0 Å². The molecule has 2 N–H and O–H groups in total. The number of hydrogen-bond donors (Lipinski definition) is 2. The molecule has 0 saturated heterocycles. The summed E-state index contributed by atoms with van der Waals surface area (Å²) in [7, 11) is 0.